The van der Waals surface area contributed by atoms with Gasteiger partial charge in [-0.25, -0.2) is 4.98 Å². The summed E-state index contributed by atoms with van der Waals surface area (Å²) in [6, 6.07) is 0. The van der Waals surface area contributed by atoms with Crippen LogP contribution in [0, 0.1) is 12.8 Å². The lowest BCUT2D eigenvalue weighted by atomic mass is 10.2. The van der Waals surface area contributed by atoms with Gasteiger partial charge in [0.15, 0.2) is 0 Å². The molecule has 0 saturated heterocycles. The zero-order valence-corrected chi connectivity index (χ0v) is 13.1. The molecule has 1 unspecified atom stereocenters. The molecule has 0 aliphatic heterocycles. The van der Waals surface area contributed by atoms with Gasteiger partial charge in [-0.1, -0.05) is 20.8 Å². The van der Waals surface area contributed by atoms with Crippen LogP contribution in [0.25, 0.3) is 0 Å². The highest BCUT2D eigenvalue weighted by Gasteiger charge is 2.16. The molecular formula is C14H26N2OS. The van der Waals surface area contributed by atoms with Crippen molar-refractivity contribution in [1.29, 1.82) is 0 Å². The Bertz CT molecular complexity index is 350. The maximum Gasteiger partial charge on any atom is 0.122 e. The highest BCUT2D eigenvalue weighted by atomic mass is 32.1. The molecular weight excluding hydrogens is 244 g/mol. The third-order valence-electron chi connectivity index (χ3n) is 2.76. The van der Waals surface area contributed by atoms with Gasteiger partial charge in [0.1, 0.15) is 11.1 Å². The Morgan fingerprint density at radius 1 is 1.33 bits per heavy atom. The maximum atomic E-state index is 5.72. The smallest absolute Gasteiger partial charge is 0.122 e. The lowest BCUT2D eigenvalue weighted by molar-refractivity contribution is 0.0596. The highest BCUT2D eigenvalue weighted by molar-refractivity contribution is 7.11. The molecule has 3 nitrogen and oxygen atoms in total. The molecule has 104 valence electrons. The van der Waals surface area contributed by atoms with Crippen LogP contribution in [0.1, 0.15) is 55.8 Å². The van der Waals surface area contributed by atoms with Crippen molar-refractivity contribution in [2.45, 2.75) is 53.7 Å². The van der Waals surface area contributed by atoms with Crippen LogP contribution in [0.4, 0.5) is 0 Å². The minimum absolute atomic E-state index is 0.164. The van der Waals surface area contributed by atoms with E-state index < -0.39 is 0 Å². The van der Waals surface area contributed by atoms with Crippen LogP contribution < -0.4 is 5.32 Å². The van der Waals surface area contributed by atoms with E-state index in [0.29, 0.717) is 5.92 Å². The molecule has 1 atom stereocenters. The highest BCUT2D eigenvalue weighted by Crippen LogP contribution is 2.28. The minimum atomic E-state index is 0.164. The number of aromatic nitrogens is 1. The number of ether oxygens (including phenoxy) is 1. The van der Waals surface area contributed by atoms with Gasteiger partial charge in [-0.2, -0.15) is 0 Å². The topological polar surface area (TPSA) is 34.1 Å². The number of rotatable bonds is 8. The van der Waals surface area contributed by atoms with Crippen molar-refractivity contribution in [3.05, 3.63) is 15.6 Å². The van der Waals surface area contributed by atoms with Crippen LogP contribution in [0.15, 0.2) is 0 Å². The van der Waals surface area contributed by atoms with E-state index in [0.717, 1.165) is 36.8 Å². The van der Waals surface area contributed by atoms with Gasteiger partial charge in [0, 0.05) is 18.0 Å². The van der Waals surface area contributed by atoms with Crippen LogP contribution in [0.2, 0.25) is 0 Å². The molecule has 0 spiro atoms. The van der Waals surface area contributed by atoms with Crippen LogP contribution in [0.5, 0.6) is 0 Å². The molecule has 1 rings (SSSR count). The molecule has 0 aliphatic rings. The average Bonchev–Trinajstić information content (AvgIpc) is 2.67. The molecule has 0 amide bonds. The van der Waals surface area contributed by atoms with Crippen molar-refractivity contribution in [3.8, 4) is 0 Å². The van der Waals surface area contributed by atoms with E-state index in [1.54, 1.807) is 11.3 Å². The van der Waals surface area contributed by atoms with Crippen molar-refractivity contribution in [3.63, 3.8) is 0 Å². The summed E-state index contributed by atoms with van der Waals surface area (Å²) in [5.74, 6) is 0.685. The Morgan fingerprint density at radius 3 is 2.61 bits per heavy atom. The first-order chi connectivity index (χ1) is 8.58. The minimum Gasteiger partial charge on any atom is -0.371 e. The molecule has 0 aromatic carbocycles. The van der Waals surface area contributed by atoms with Crippen molar-refractivity contribution >= 4 is 11.3 Å². The second kappa shape index (κ2) is 7.87. The van der Waals surface area contributed by atoms with E-state index in [4.69, 9.17) is 4.74 Å². The molecule has 1 N–H and O–H groups in total. The molecule has 0 fully saturated rings. The SMILES string of the molecule is CCOC(CC)c1nc(C)c(CNCC(C)C)s1. The zero-order chi connectivity index (χ0) is 13.5. The zero-order valence-electron chi connectivity index (χ0n) is 12.2. The van der Waals surface area contributed by atoms with Gasteiger partial charge < -0.3 is 10.1 Å². The standard InChI is InChI=1S/C14H26N2OS/c1-6-12(17-7-2)14-16-11(5)13(18-14)9-15-8-10(3)4/h10,12,15H,6-9H2,1-5H3. The maximum absolute atomic E-state index is 5.72. The van der Waals surface area contributed by atoms with Gasteiger partial charge in [0.25, 0.3) is 0 Å². The van der Waals surface area contributed by atoms with Crippen LogP contribution in [-0.4, -0.2) is 18.1 Å². The van der Waals surface area contributed by atoms with Gasteiger partial charge >= 0.3 is 0 Å². The van der Waals surface area contributed by atoms with Gasteiger partial charge in [0.2, 0.25) is 0 Å². The van der Waals surface area contributed by atoms with Crippen molar-refractivity contribution in [1.82, 2.24) is 10.3 Å². The van der Waals surface area contributed by atoms with Crippen molar-refractivity contribution in [2.24, 2.45) is 5.92 Å². The predicted molar refractivity (Wildman–Crippen MR) is 78.1 cm³/mol. The quantitative estimate of drug-likeness (QED) is 0.782. The Hall–Kier alpha value is -0.450. The fourth-order valence-corrected chi connectivity index (χ4v) is 2.96. The lowest BCUT2D eigenvalue weighted by Gasteiger charge is -2.11. The third-order valence-corrected chi connectivity index (χ3v) is 4.01. The van der Waals surface area contributed by atoms with E-state index in [2.05, 4.69) is 38.0 Å². The van der Waals surface area contributed by atoms with E-state index in [-0.39, 0.29) is 6.10 Å². The molecule has 0 radical (unpaired) electrons. The summed E-state index contributed by atoms with van der Waals surface area (Å²) in [7, 11) is 0. The number of nitrogens with zero attached hydrogens (tertiary/aromatic N) is 1. The third kappa shape index (κ3) is 4.67. The summed E-state index contributed by atoms with van der Waals surface area (Å²) in [5, 5.41) is 4.60. The number of aryl methyl sites for hydroxylation is 1. The van der Waals surface area contributed by atoms with Crippen molar-refractivity contribution in [2.75, 3.05) is 13.2 Å². The first-order valence-electron chi connectivity index (χ1n) is 6.86. The van der Waals surface area contributed by atoms with Gasteiger partial charge in [-0.15, -0.1) is 11.3 Å². The first kappa shape index (κ1) is 15.6. The monoisotopic (exact) mass is 270 g/mol. The summed E-state index contributed by atoms with van der Waals surface area (Å²) < 4.78 is 5.72. The largest absolute Gasteiger partial charge is 0.371 e. The molecule has 0 aliphatic carbocycles. The molecule has 1 aromatic heterocycles. The summed E-state index contributed by atoms with van der Waals surface area (Å²) in [5.41, 5.74) is 1.14. The molecule has 1 aromatic rings. The number of thiazole rings is 1. The van der Waals surface area contributed by atoms with Gasteiger partial charge in [-0.05, 0) is 32.7 Å². The molecule has 4 heteroatoms. The number of nitrogens with one attached hydrogen (secondary N) is 1. The summed E-state index contributed by atoms with van der Waals surface area (Å²) in [6.45, 7) is 13.4. The number of hydrogen-bond acceptors (Lipinski definition) is 4. The fraction of sp³-hybridized carbons (Fsp3) is 0.786. The normalized spacial score (nSPS) is 13.2. The molecule has 0 bridgehead atoms. The Labute approximate surface area is 115 Å². The van der Waals surface area contributed by atoms with Gasteiger partial charge in [0.05, 0.1) is 5.69 Å². The summed E-state index contributed by atoms with van der Waals surface area (Å²) in [6.07, 6.45) is 1.15. The summed E-state index contributed by atoms with van der Waals surface area (Å²) in [4.78, 5) is 5.99. The second-order valence-corrected chi connectivity index (χ2v) is 6.05. The van der Waals surface area contributed by atoms with Gasteiger partial charge in [-0.3, -0.25) is 0 Å². The first-order valence-corrected chi connectivity index (χ1v) is 7.68. The van der Waals surface area contributed by atoms with Crippen molar-refractivity contribution < 1.29 is 4.74 Å². The summed E-state index contributed by atoms with van der Waals surface area (Å²) >= 11 is 1.79. The van der Waals surface area contributed by atoms with Crippen LogP contribution in [0.3, 0.4) is 0 Å². The Morgan fingerprint density at radius 2 is 2.06 bits per heavy atom. The van der Waals surface area contributed by atoms with E-state index in [9.17, 15) is 0 Å². The predicted octanol–water partition coefficient (Wildman–Crippen LogP) is 3.68. The molecule has 18 heavy (non-hydrogen) atoms. The molecule has 1 heterocycles. The van der Waals surface area contributed by atoms with Crippen LogP contribution in [-0.2, 0) is 11.3 Å². The molecule has 0 saturated carbocycles. The Balaban J connectivity index is 2.62. The Kier molecular flexibility index (Phi) is 6.82. The second-order valence-electron chi connectivity index (χ2n) is 4.94. The average molecular weight is 270 g/mol. The van der Waals surface area contributed by atoms with E-state index in [1.807, 2.05) is 6.92 Å². The fourth-order valence-electron chi connectivity index (χ4n) is 1.79. The number of hydrogen-bond donors (Lipinski definition) is 1. The van der Waals surface area contributed by atoms with Crippen LogP contribution >= 0.6 is 11.3 Å². The van der Waals surface area contributed by atoms with E-state index in [1.165, 1.54) is 4.88 Å². The van der Waals surface area contributed by atoms with E-state index >= 15 is 0 Å². The lowest BCUT2D eigenvalue weighted by Crippen LogP contribution is -2.18.